The Morgan fingerprint density at radius 2 is 1.72 bits per heavy atom. The van der Waals surface area contributed by atoms with E-state index in [1.807, 2.05) is 48.7 Å². The van der Waals surface area contributed by atoms with Crippen molar-refractivity contribution in [3.05, 3.63) is 95.1 Å². The highest BCUT2D eigenvalue weighted by Gasteiger charge is 2.26. The molecule has 0 spiro atoms. The number of para-hydroxylation sites is 2. The second-order valence-electron chi connectivity index (χ2n) is 7.93. The lowest BCUT2D eigenvalue weighted by Gasteiger charge is -2.18. The fraction of sp³-hybridized carbons (Fsp3) is 0.148. The van der Waals surface area contributed by atoms with Gasteiger partial charge in [-0.15, -0.1) is 11.8 Å². The quantitative estimate of drug-likeness (QED) is 0.211. The van der Waals surface area contributed by atoms with E-state index < -0.39 is 30.4 Å². The number of aromatic amines is 1. The maximum atomic E-state index is 13.1. The molecule has 1 aromatic heterocycles. The number of rotatable bonds is 9. The van der Waals surface area contributed by atoms with Gasteiger partial charge in [-0.25, -0.2) is 4.79 Å². The van der Waals surface area contributed by atoms with Crippen LogP contribution in [0.25, 0.3) is 10.9 Å². The maximum absolute atomic E-state index is 13.1. The van der Waals surface area contributed by atoms with Gasteiger partial charge in [-0.1, -0.05) is 54.1 Å². The standard InChI is InChI=1S/C27H24ClN3O4S/c1-36-24-13-7-6-12-22(24)30-25(32)16-35-27(34)23(31-26(33)19-9-2-4-10-20(19)28)14-17-15-29-21-11-5-3-8-18(17)21/h2-13,15,23,29H,14,16H2,1H3,(H,30,32)(H,31,33). The summed E-state index contributed by atoms with van der Waals surface area (Å²) >= 11 is 7.66. The van der Waals surface area contributed by atoms with Crippen LogP contribution in [0.4, 0.5) is 5.69 Å². The van der Waals surface area contributed by atoms with Crippen molar-refractivity contribution >= 4 is 57.7 Å². The summed E-state index contributed by atoms with van der Waals surface area (Å²) in [6.07, 6.45) is 3.86. The van der Waals surface area contributed by atoms with Crippen molar-refractivity contribution < 1.29 is 19.1 Å². The first-order valence-corrected chi connectivity index (χ1v) is 12.8. The zero-order valence-electron chi connectivity index (χ0n) is 19.4. The molecule has 3 aromatic carbocycles. The van der Waals surface area contributed by atoms with Crippen LogP contribution in [0.5, 0.6) is 0 Å². The van der Waals surface area contributed by atoms with Gasteiger partial charge in [-0.2, -0.15) is 0 Å². The van der Waals surface area contributed by atoms with Crippen molar-refractivity contribution in [3.63, 3.8) is 0 Å². The number of anilines is 1. The molecular weight excluding hydrogens is 498 g/mol. The molecule has 0 aliphatic carbocycles. The van der Waals surface area contributed by atoms with Crippen molar-refractivity contribution in [2.45, 2.75) is 17.4 Å². The normalized spacial score (nSPS) is 11.6. The summed E-state index contributed by atoms with van der Waals surface area (Å²) in [5.41, 5.74) is 2.60. The monoisotopic (exact) mass is 521 g/mol. The highest BCUT2D eigenvalue weighted by molar-refractivity contribution is 7.98. The van der Waals surface area contributed by atoms with Crippen molar-refractivity contribution in [2.75, 3.05) is 18.2 Å². The molecule has 0 saturated heterocycles. The minimum Gasteiger partial charge on any atom is -0.454 e. The molecule has 1 heterocycles. The number of carbonyl (C=O) groups excluding carboxylic acids is 3. The number of nitrogens with one attached hydrogen (secondary N) is 3. The molecule has 1 unspecified atom stereocenters. The highest BCUT2D eigenvalue weighted by Crippen LogP contribution is 2.24. The predicted octanol–water partition coefficient (Wildman–Crippen LogP) is 5.07. The lowest BCUT2D eigenvalue weighted by atomic mass is 10.0. The number of halogens is 1. The second kappa shape index (κ2) is 11.8. The Morgan fingerprint density at radius 3 is 2.53 bits per heavy atom. The topological polar surface area (TPSA) is 100 Å². The zero-order valence-corrected chi connectivity index (χ0v) is 21.0. The van der Waals surface area contributed by atoms with Gasteiger partial charge in [0.1, 0.15) is 6.04 Å². The number of ether oxygens (including phenoxy) is 1. The number of amides is 2. The number of fused-ring (bicyclic) bond motifs is 1. The van der Waals surface area contributed by atoms with Gasteiger partial charge >= 0.3 is 5.97 Å². The Hall–Kier alpha value is -3.75. The number of aromatic nitrogens is 1. The van der Waals surface area contributed by atoms with Crippen LogP contribution < -0.4 is 10.6 Å². The van der Waals surface area contributed by atoms with E-state index in [1.165, 1.54) is 11.8 Å². The van der Waals surface area contributed by atoms with Crippen LogP contribution in [0.3, 0.4) is 0 Å². The average molecular weight is 522 g/mol. The van der Waals surface area contributed by atoms with Gasteiger partial charge in [0.2, 0.25) is 0 Å². The lowest BCUT2D eigenvalue weighted by Crippen LogP contribution is -2.44. The molecule has 0 saturated carbocycles. The lowest BCUT2D eigenvalue weighted by molar-refractivity contribution is -0.149. The Labute approximate surface area is 217 Å². The molecule has 36 heavy (non-hydrogen) atoms. The highest BCUT2D eigenvalue weighted by atomic mass is 35.5. The molecule has 184 valence electrons. The summed E-state index contributed by atoms with van der Waals surface area (Å²) in [6, 6.07) is 20.5. The number of hydrogen-bond acceptors (Lipinski definition) is 5. The maximum Gasteiger partial charge on any atom is 0.329 e. The number of esters is 1. The minimum atomic E-state index is -1.04. The van der Waals surface area contributed by atoms with Crippen LogP contribution in [0.15, 0.2) is 83.9 Å². The molecule has 0 fully saturated rings. The predicted molar refractivity (Wildman–Crippen MR) is 143 cm³/mol. The van der Waals surface area contributed by atoms with Crippen LogP contribution >= 0.6 is 23.4 Å². The van der Waals surface area contributed by atoms with Crippen LogP contribution in [0.1, 0.15) is 15.9 Å². The van der Waals surface area contributed by atoms with Crippen LogP contribution in [-0.4, -0.2) is 41.7 Å². The molecular formula is C27H24ClN3O4S. The van der Waals surface area contributed by atoms with E-state index in [-0.39, 0.29) is 17.0 Å². The molecule has 9 heteroatoms. The van der Waals surface area contributed by atoms with E-state index in [1.54, 1.807) is 36.5 Å². The summed E-state index contributed by atoms with van der Waals surface area (Å²) in [4.78, 5) is 42.5. The first kappa shape index (κ1) is 25.3. The average Bonchev–Trinajstić information content (AvgIpc) is 3.30. The second-order valence-corrected chi connectivity index (χ2v) is 9.18. The summed E-state index contributed by atoms with van der Waals surface area (Å²) in [5.74, 6) is -1.72. The summed E-state index contributed by atoms with van der Waals surface area (Å²) in [7, 11) is 0. The van der Waals surface area contributed by atoms with Crippen molar-refractivity contribution in [1.29, 1.82) is 0 Å². The number of thioether (sulfide) groups is 1. The summed E-state index contributed by atoms with van der Waals surface area (Å²) < 4.78 is 5.32. The van der Waals surface area contributed by atoms with E-state index in [0.717, 1.165) is 21.4 Å². The number of hydrogen-bond donors (Lipinski definition) is 3. The third kappa shape index (κ3) is 6.08. The molecule has 3 N–H and O–H groups in total. The number of benzene rings is 3. The largest absolute Gasteiger partial charge is 0.454 e. The first-order chi connectivity index (χ1) is 17.5. The molecule has 4 aromatic rings. The van der Waals surface area contributed by atoms with Gasteiger partial charge in [0, 0.05) is 28.4 Å². The summed E-state index contributed by atoms with van der Waals surface area (Å²) in [5, 5.41) is 6.66. The molecule has 1 atom stereocenters. The minimum absolute atomic E-state index is 0.163. The molecule has 0 aliphatic rings. The van der Waals surface area contributed by atoms with Gasteiger partial charge in [-0.05, 0) is 42.2 Å². The van der Waals surface area contributed by atoms with Gasteiger partial charge in [-0.3, -0.25) is 9.59 Å². The van der Waals surface area contributed by atoms with Gasteiger partial charge in [0.15, 0.2) is 6.61 Å². The van der Waals surface area contributed by atoms with E-state index >= 15 is 0 Å². The molecule has 2 amide bonds. The Morgan fingerprint density at radius 1 is 1.00 bits per heavy atom. The SMILES string of the molecule is CSc1ccccc1NC(=O)COC(=O)C(Cc1c[nH]c2ccccc12)NC(=O)c1ccccc1Cl. The Bertz CT molecular complexity index is 1400. The molecule has 0 aliphatic heterocycles. The van der Waals surface area contributed by atoms with Crippen molar-refractivity contribution in [3.8, 4) is 0 Å². The van der Waals surface area contributed by atoms with Crippen LogP contribution in [0, 0.1) is 0 Å². The third-order valence-electron chi connectivity index (χ3n) is 5.53. The van der Waals surface area contributed by atoms with E-state index in [9.17, 15) is 14.4 Å². The van der Waals surface area contributed by atoms with Crippen molar-refractivity contribution in [2.24, 2.45) is 0 Å². The fourth-order valence-corrected chi connectivity index (χ4v) is 4.54. The fourth-order valence-electron chi connectivity index (χ4n) is 3.77. The Kier molecular flexibility index (Phi) is 8.30. The molecule has 0 bridgehead atoms. The Balaban J connectivity index is 1.49. The number of carbonyl (C=O) groups is 3. The van der Waals surface area contributed by atoms with E-state index in [0.29, 0.717) is 5.69 Å². The third-order valence-corrected chi connectivity index (χ3v) is 6.66. The van der Waals surface area contributed by atoms with Gasteiger partial charge in [0.05, 0.1) is 16.3 Å². The summed E-state index contributed by atoms with van der Waals surface area (Å²) in [6.45, 7) is -0.492. The molecule has 4 rings (SSSR count). The van der Waals surface area contributed by atoms with Crippen LogP contribution in [-0.2, 0) is 20.7 Å². The number of H-pyrrole nitrogens is 1. The zero-order chi connectivity index (χ0) is 25.5. The molecule has 7 nitrogen and oxygen atoms in total. The van der Waals surface area contributed by atoms with Crippen LogP contribution in [0.2, 0.25) is 5.02 Å². The molecule has 0 radical (unpaired) electrons. The van der Waals surface area contributed by atoms with Gasteiger partial charge in [0.25, 0.3) is 11.8 Å². The van der Waals surface area contributed by atoms with E-state index in [4.69, 9.17) is 16.3 Å². The van der Waals surface area contributed by atoms with Gasteiger partial charge < -0.3 is 20.4 Å². The van der Waals surface area contributed by atoms with E-state index in [2.05, 4.69) is 15.6 Å². The first-order valence-electron chi connectivity index (χ1n) is 11.2. The smallest absolute Gasteiger partial charge is 0.329 e. The van der Waals surface area contributed by atoms with Crippen molar-refractivity contribution in [1.82, 2.24) is 10.3 Å².